The minimum atomic E-state index is -3.58. The van der Waals surface area contributed by atoms with Gasteiger partial charge in [0, 0.05) is 6.04 Å². The zero-order valence-corrected chi connectivity index (χ0v) is 12.9. The number of hydrogen-bond donors (Lipinski definition) is 2. The number of carboxylic acid groups (broad SMARTS) is 1. The van der Waals surface area contributed by atoms with E-state index in [9.17, 15) is 13.2 Å². The summed E-state index contributed by atoms with van der Waals surface area (Å²) in [6, 6.07) is 6.50. The first-order valence-electron chi connectivity index (χ1n) is 7.26. The van der Waals surface area contributed by atoms with Gasteiger partial charge in [0.25, 0.3) is 0 Å². The molecule has 0 aromatic heterocycles. The predicted octanol–water partition coefficient (Wildman–Crippen LogP) is 2.17. The molecule has 1 aliphatic rings. The van der Waals surface area contributed by atoms with Crippen LogP contribution in [0, 0.1) is 5.92 Å². The van der Waals surface area contributed by atoms with Crippen LogP contribution < -0.4 is 4.72 Å². The van der Waals surface area contributed by atoms with Gasteiger partial charge in [-0.25, -0.2) is 13.1 Å². The molecule has 1 aromatic rings. The molecule has 5 nitrogen and oxygen atoms in total. The van der Waals surface area contributed by atoms with Crippen molar-refractivity contribution in [1.29, 1.82) is 0 Å². The highest BCUT2D eigenvalue weighted by Crippen LogP contribution is 2.25. The lowest BCUT2D eigenvalue weighted by molar-refractivity contribution is -0.143. The van der Waals surface area contributed by atoms with Crippen LogP contribution in [0.1, 0.15) is 38.2 Å². The summed E-state index contributed by atoms with van der Waals surface area (Å²) in [6.45, 7) is 2.01. The first-order chi connectivity index (χ1) is 9.92. The number of rotatable bonds is 5. The van der Waals surface area contributed by atoms with Crippen LogP contribution in [0.25, 0.3) is 0 Å². The van der Waals surface area contributed by atoms with Crippen molar-refractivity contribution in [3.8, 4) is 0 Å². The SMILES string of the molecule is CCc1ccc(S(=O)(=O)NC2CCCC(C(=O)O)C2)cc1. The third kappa shape index (κ3) is 4.04. The van der Waals surface area contributed by atoms with E-state index < -0.39 is 21.9 Å². The van der Waals surface area contributed by atoms with Crippen molar-refractivity contribution in [3.05, 3.63) is 29.8 Å². The smallest absolute Gasteiger partial charge is 0.306 e. The molecular weight excluding hydrogens is 290 g/mol. The van der Waals surface area contributed by atoms with E-state index in [1.54, 1.807) is 24.3 Å². The Bertz CT molecular complexity index is 595. The molecule has 21 heavy (non-hydrogen) atoms. The average molecular weight is 311 g/mol. The summed E-state index contributed by atoms with van der Waals surface area (Å²) < 4.78 is 27.3. The van der Waals surface area contributed by atoms with E-state index in [0.717, 1.165) is 18.4 Å². The van der Waals surface area contributed by atoms with Gasteiger partial charge in [-0.1, -0.05) is 25.5 Å². The first-order valence-corrected chi connectivity index (χ1v) is 8.74. The fourth-order valence-corrected chi connectivity index (χ4v) is 4.00. The lowest BCUT2D eigenvalue weighted by Gasteiger charge is -2.27. The van der Waals surface area contributed by atoms with E-state index in [-0.39, 0.29) is 10.9 Å². The summed E-state index contributed by atoms with van der Waals surface area (Å²) in [5, 5.41) is 9.05. The summed E-state index contributed by atoms with van der Waals surface area (Å²) in [7, 11) is -3.58. The molecule has 0 bridgehead atoms. The number of aryl methyl sites for hydroxylation is 1. The van der Waals surface area contributed by atoms with Crippen molar-refractivity contribution in [2.24, 2.45) is 5.92 Å². The Hall–Kier alpha value is -1.40. The molecule has 0 saturated heterocycles. The summed E-state index contributed by atoms with van der Waals surface area (Å²) >= 11 is 0. The Morgan fingerprint density at radius 3 is 2.52 bits per heavy atom. The van der Waals surface area contributed by atoms with Gasteiger partial charge in [0.15, 0.2) is 0 Å². The maximum absolute atomic E-state index is 12.3. The van der Waals surface area contributed by atoms with Crippen molar-refractivity contribution >= 4 is 16.0 Å². The molecule has 2 atom stereocenters. The van der Waals surface area contributed by atoms with Gasteiger partial charge in [-0.3, -0.25) is 4.79 Å². The Kier molecular flexibility index (Phi) is 5.00. The Balaban J connectivity index is 2.07. The second-order valence-electron chi connectivity index (χ2n) is 5.52. The zero-order valence-electron chi connectivity index (χ0n) is 12.1. The minimum Gasteiger partial charge on any atom is -0.481 e. The zero-order chi connectivity index (χ0) is 15.5. The molecule has 6 heteroatoms. The van der Waals surface area contributed by atoms with Crippen molar-refractivity contribution in [3.63, 3.8) is 0 Å². The molecule has 0 spiro atoms. The molecule has 0 radical (unpaired) electrons. The monoisotopic (exact) mass is 311 g/mol. The van der Waals surface area contributed by atoms with Gasteiger partial charge in [-0.2, -0.15) is 0 Å². The Morgan fingerprint density at radius 2 is 1.95 bits per heavy atom. The third-order valence-corrected chi connectivity index (χ3v) is 5.52. The molecule has 1 aliphatic carbocycles. The van der Waals surface area contributed by atoms with Crippen LogP contribution in [0.2, 0.25) is 0 Å². The van der Waals surface area contributed by atoms with Crippen molar-refractivity contribution in [2.75, 3.05) is 0 Å². The second-order valence-corrected chi connectivity index (χ2v) is 7.23. The van der Waals surface area contributed by atoms with Gasteiger partial charge in [0.2, 0.25) is 10.0 Å². The molecule has 1 saturated carbocycles. The molecule has 0 aliphatic heterocycles. The molecule has 0 heterocycles. The van der Waals surface area contributed by atoms with E-state index in [1.807, 2.05) is 6.92 Å². The van der Waals surface area contributed by atoms with E-state index in [1.165, 1.54) is 0 Å². The normalized spacial score (nSPS) is 22.9. The molecule has 116 valence electrons. The fraction of sp³-hybridized carbons (Fsp3) is 0.533. The first kappa shape index (κ1) is 16.0. The van der Waals surface area contributed by atoms with Crippen LogP contribution in [-0.2, 0) is 21.2 Å². The molecular formula is C15H21NO4S. The van der Waals surface area contributed by atoms with E-state index in [2.05, 4.69) is 4.72 Å². The molecule has 0 amide bonds. The van der Waals surface area contributed by atoms with Gasteiger partial charge in [0.1, 0.15) is 0 Å². The molecule has 1 aromatic carbocycles. The van der Waals surface area contributed by atoms with Gasteiger partial charge >= 0.3 is 5.97 Å². The van der Waals surface area contributed by atoms with Crippen molar-refractivity contribution < 1.29 is 18.3 Å². The van der Waals surface area contributed by atoms with Crippen molar-refractivity contribution in [1.82, 2.24) is 4.72 Å². The standard InChI is InChI=1S/C15H21NO4S/c1-2-11-6-8-14(9-7-11)21(19,20)16-13-5-3-4-12(10-13)15(17)18/h6-9,12-13,16H,2-5,10H2,1H3,(H,17,18). The maximum Gasteiger partial charge on any atom is 0.306 e. The second kappa shape index (κ2) is 6.58. The van der Waals surface area contributed by atoms with Crippen LogP contribution >= 0.6 is 0 Å². The largest absolute Gasteiger partial charge is 0.481 e. The summed E-state index contributed by atoms with van der Waals surface area (Å²) in [5.41, 5.74) is 1.08. The van der Waals surface area contributed by atoms with Crippen LogP contribution in [0.4, 0.5) is 0 Å². The van der Waals surface area contributed by atoms with E-state index >= 15 is 0 Å². The number of carboxylic acids is 1. The summed E-state index contributed by atoms with van der Waals surface area (Å²) in [6.07, 6.45) is 3.27. The lowest BCUT2D eigenvalue weighted by atomic mass is 9.86. The van der Waals surface area contributed by atoms with Crippen LogP contribution in [-0.4, -0.2) is 25.5 Å². The van der Waals surface area contributed by atoms with Crippen LogP contribution in [0.3, 0.4) is 0 Å². The van der Waals surface area contributed by atoms with Gasteiger partial charge in [-0.05, 0) is 43.4 Å². The van der Waals surface area contributed by atoms with Crippen LogP contribution in [0.15, 0.2) is 29.2 Å². The number of nitrogens with one attached hydrogen (secondary N) is 1. The highest BCUT2D eigenvalue weighted by molar-refractivity contribution is 7.89. The van der Waals surface area contributed by atoms with E-state index in [0.29, 0.717) is 19.3 Å². The van der Waals surface area contributed by atoms with E-state index in [4.69, 9.17) is 5.11 Å². The van der Waals surface area contributed by atoms with Crippen molar-refractivity contribution in [2.45, 2.75) is 50.0 Å². The lowest BCUT2D eigenvalue weighted by Crippen LogP contribution is -2.39. The third-order valence-electron chi connectivity index (χ3n) is 3.99. The number of carbonyl (C=O) groups is 1. The molecule has 2 rings (SSSR count). The highest BCUT2D eigenvalue weighted by Gasteiger charge is 2.29. The van der Waals surface area contributed by atoms with Gasteiger partial charge in [-0.15, -0.1) is 0 Å². The quantitative estimate of drug-likeness (QED) is 0.873. The predicted molar refractivity (Wildman–Crippen MR) is 79.5 cm³/mol. The summed E-state index contributed by atoms with van der Waals surface area (Å²) in [5.74, 6) is -1.29. The van der Waals surface area contributed by atoms with Gasteiger partial charge < -0.3 is 5.11 Å². The van der Waals surface area contributed by atoms with Crippen LogP contribution in [0.5, 0.6) is 0 Å². The Morgan fingerprint density at radius 1 is 1.29 bits per heavy atom. The number of aliphatic carboxylic acids is 1. The number of hydrogen-bond acceptors (Lipinski definition) is 3. The molecule has 2 N–H and O–H groups in total. The topological polar surface area (TPSA) is 83.5 Å². The summed E-state index contributed by atoms with van der Waals surface area (Å²) in [4.78, 5) is 11.3. The fourth-order valence-electron chi connectivity index (χ4n) is 2.71. The number of benzene rings is 1. The highest BCUT2D eigenvalue weighted by atomic mass is 32.2. The Labute approximate surface area is 125 Å². The molecule has 2 unspecified atom stereocenters. The average Bonchev–Trinajstić information content (AvgIpc) is 2.47. The number of sulfonamides is 1. The minimum absolute atomic E-state index is 0.233. The maximum atomic E-state index is 12.3. The molecule has 1 fully saturated rings. The van der Waals surface area contributed by atoms with Gasteiger partial charge in [0.05, 0.1) is 10.8 Å².